The van der Waals surface area contributed by atoms with E-state index < -0.39 is 0 Å². The van der Waals surface area contributed by atoms with Gasteiger partial charge in [-0.3, -0.25) is 4.79 Å². The monoisotopic (exact) mass is 244 g/mol. The molecule has 84 valence electrons. The predicted octanol–water partition coefficient (Wildman–Crippen LogP) is 1.40. The molecule has 5 heteroatoms. The van der Waals surface area contributed by atoms with Gasteiger partial charge in [0.05, 0.1) is 5.75 Å². The smallest absolute Gasteiger partial charge is 0.232 e. The molecule has 2 N–H and O–H groups in total. The highest BCUT2D eigenvalue weighted by molar-refractivity contribution is 7.99. The van der Waals surface area contributed by atoms with Gasteiger partial charge < -0.3 is 10.6 Å². The molecule has 0 aliphatic carbocycles. The molecule has 0 bridgehead atoms. The van der Waals surface area contributed by atoms with Gasteiger partial charge in [-0.2, -0.15) is 23.1 Å². The van der Waals surface area contributed by atoms with Gasteiger partial charge in [0.25, 0.3) is 0 Å². The number of nitrogens with zero attached hydrogens (tertiary/aromatic N) is 1. The van der Waals surface area contributed by atoms with Crippen molar-refractivity contribution in [2.45, 2.75) is 6.54 Å². The molecule has 0 aromatic carbocycles. The Morgan fingerprint density at radius 3 is 3.07 bits per heavy atom. The van der Waals surface area contributed by atoms with E-state index in [2.05, 4.69) is 5.38 Å². The third kappa shape index (κ3) is 4.68. The van der Waals surface area contributed by atoms with Crippen LogP contribution in [0.1, 0.15) is 5.56 Å². The van der Waals surface area contributed by atoms with Crippen LogP contribution < -0.4 is 5.73 Å². The lowest BCUT2D eigenvalue weighted by Crippen LogP contribution is -2.27. The summed E-state index contributed by atoms with van der Waals surface area (Å²) in [6, 6.07) is 2.04. The SMILES string of the molecule is CN(Cc1ccsc1)C(=O)CSCCN. The zero-order valence-corrected chi connectivity index (χ0v) is 10.4. The normalized spacial score (nSPS) is 10.3. The summed E-state index contributed by atoms with van der Waals surface area (Å²) in [7, 11) is 1.84. The minimum absolute atomic E-state index is 0.166. The van der Waals surface area contributed by atoms with Crippen molar-refractivity contribution in [3.05, 3.63) is 22.4 Å². The lowest BCUT2D eigenvalue weighted by molar-refractivity contribution is -0.127. The van der Waals surface area contributed by atoms with E-state index in [9.17, 15) is 4.79 Å². The van der Waals surface area contributed by atoms with Crippen molar-refractivity contribution in [1.29, 1.82) is 0 Å². The number of amides is 1. The summed E-state index contributed by atoms with van der Waals surface area (Å²) >= 11 is 3.24. The van der Waals surface area contributed by atoms with Gasteiger partial charge in [0, 0.05) is 25.9 Å². The molecule has 3 nitrogen and oxygen atoms in total. The largest absolute Gasteiger partial charge is 0.341 e. The predicted molar refractivity (Wildman–Crippen MR) is 67.2 cm³/mol. The van der Waals surface area contributed by atoms with E-state index in [1.807, 2.05) is 18.5 Å². The van der Waals surface area contributed by atoms with Gasteiger partial charge in [0.1, 0.15) is 0 Å². The first kappa shape index (κ1) is 12.5. The number of nitrogens with two attached hydrogens (primary N) is 1. The average molecular weight is 244 g/mol. The van der Waals surface area contributed by atoms with E-state index in [1.165, 1.54) is 5.56 Å². The maximum Gasteiger partial charge on any atom is 0.232 e. The topological polar surface area (TPSA) is 46.3 Å². The van der Waals surface area contributed by atoms with Crippen molar-refractivity contribution in [2.75, 3.05) is 25.1 Å². The number of hydrogen-bond acceptors (Lipinski definition) is 4. The quantitative estimate of drug-likeness (QED) is 0.769. The Morgan fingerprint density at radius 2 is 2.47 bits per heavy atom. The second-order valence-corrected chi connectivity index (χ2v) is 5.11. The lowest BCUT2D eigenvalue weighted by atomic mass is 10.3. The summed E-state index contributed by atoms with van der Waals surface area (Å²) in [6.45, 7) is 1.33. The Labute approximate surface area is 98.6 Å². The van der Waals surface area contributed by atoms with E-state index in [4.69, 9.17) is 5.73 Å². The summed E-state index contributed by atoms with van der Waals surface area (Å²) in [4.78, 5) is 13.4. The summed E-state index contributed by atoms with van der Waals surface area (Å²) in [5.74, 6) is 1.54. The van der Waals surface area contributed by atoms with Gasteiger partial charge in [-0.15, -0.1) is 0 Å². The molecule has 0 saturated heterocycles. The second kappa shape index (κ2) is 6.87. The number of carbonyl (C=O) groups excluding carboxylic acids is 1. The first-order valence-electron chi connectivity index (χ1n) is 4.77. The minimum atomic E-state index is 0.166. The van der Waals surface area contributed by atoms with Gasteiger partial charge in [0.2, 0.25) is 5.91 Å². The van der Waals surface area contributed by atoms with Crippen molar-refractivity contribution >= 4 is 29.0 Å². The molecule has 0 atom stereocenters. The zero-order valence-electron chi connectivity index (χ0n) is 8.81. The van der Waals surface area contributed by atoms with E-state index in [0.29, 0.717) is 18.8 Å². The molecular weight excluding hydrogens is 228 g/mol. The molecule has 0 unspecified atom stereocenters. The molecule has 0 spiro atoms. The fourth-order valence-corrected chi connectivity index (χ4v) is 2.46. The highest BCUT2D eigenvalue weighted by Crippen LogP contribution is 2.09. The second-order valence-electron chi connectivity index (χ2n) is 3.22. The Morgan fingerprint density at radius 1 is 1.67 bits per heavy atom. The Kier molecular flexibility index (Phi) is 5.75. The van der Waals surface area contributed by atoms with Gasteiger partial charge in [-0.05, 0) is 22.4 Å². The number of carbonyl (C=O) groups is 1. The molecule has 0 aliphatic rings. The van der Waals surface area contributed by atoms with Crippen LogP contribution in [-0.4, -0.2) is 35.9 Å². The summed E-state index contributed by atoms with van der Waals surface area (Å²) < 4.78 is 0. The first-order valence-corrected chi connectivity index (χ1v) is 6.86. The lowest BCUT2D eigenvalue weighted by Gasteiger charge is -2.15. The van der Waals surface area contributed by atoms with Crippen LogP contribution in [-0.2, 0) is 11.3 Å². The zero-order chi connectivity index (χ0) is 11.1. The van der Waals surface area contributed by atoms with Gasteiger partial charge in [-0.1, -0.05) is 0 Å². The molecule has 15 heavy (non-hydrogen) atoms. The molecule has 0 fully saturated rings. The van der Waals surface area contributed by atoms with Crippen molar-refractivity contribution < 1.29 is 4.79 Å². The van der Waals surface area contributed by atoms with Crippen LogP contribution in [0.15, 0.2) is 16.8 Å². The number of rotatable bonds is 6. The fourth-order valence-electron chi connectivity index (χ4n) is 1.10. The van der Waals surface area contributed by atoms with Crippen LogP contribution in [0.3, 0.4) is 0 Å². The van der Waals surface area contributed by atoms with Gasteiger partial charge >= 0.3 is 0 Å². The van der Waals surface area contributed by atoms with E-state index in [0.717, 1.165) is 5.75 Å². The van der Waals surface area contributed by atoms with E-state index in [1.54, 1.807) is 28.0 Å². The molecule has 1 aromatic heterocycles. The third-order valence-corrected chi connectivity index (χ3v) is 3.62. The highest BCUT2D eigenvalue weighted by atomic mass is 32.2. The minimum Gasteiger partial charge on any atom is -0.341 e. The van der Waals surface area contributed by atoms with Crippen molar-refractivity contribution in [1.82, 2.24) is 4.90 Å². The maximum absolute atomic E-state index is 11.6. The molecule has 0 radical (unpaired) electrons. The first-order chi connectivity index (χ1) is 7.24. The Hall–Kier alpha value is -0.520. The number of thioether (sulfide) groups is 1. The standard InChI is InChI=1S/C10H16N2OS2/c1-12(6-9-2-4-14-7-9)10(13)8-15-5-3-11/h2,4,7H,3,5-6,8,11H2,1H3. The number of hydrogen-bond donors (Lipinski definition) is 1. The Bertz CT molecular complexity index is 288. The maximum atomic E-state index is 11.6. The van der Waals surface area contributed by atoms with Crippen LogP contribution in [0.2, 0.25) is 0 Å². The summed E-state index contributed by atoms with van der Waals surface area (Å²) in [5.41, 5.74) is 6.55. The Balaban J connectivity index is 2.27. The molecule has 0 aliphatic heterocycles. The fraction of sp³-hybridized carbons (Fsp3) is 0.500. The summed E-state index contributed by atoms with van der Waals surface area (Å²) in [6.07, 6.45) is 0. The van der Waals surface area contributed by atoms with Crippen LogP contribution in [0.25, 0.3) is 0 Å². The molecule has 0 saturated carbocycles. The van der Waals surface area contributed by atoms with Crippen LogP contribution in [0.5, 0.6) is 0 Å². The van der Waals surface area contributed by atoms with Crippen LogP contribution >= 0.6 is 23.1 Å². The van der Waals surface area contributed by atoms with E-state index in [-0.39, 0.29) is 5.91 Å². The molecule has 1 amide bonds. The van der Waals surface area contributed by atoms with Crippen LogP contribution in [0.4, 0.5) is 0 Å². The van der Waals surface area contributed by atoms with Crippen LogP contribution in [0, 0.1) is 0 Å². The average Bonchev–Trinajstić information content (AvgIpc) is 2.70. The molecule has 1 rings (SSSR count). The molecule has 1 heterocycles. The van der Waals surface area contributed by atoms with Crippen molar-refractivity contribution in [3.8, 4) is 0 Å². The van der Waals surface area contributed by atoms with Crippen molar-refractivity contribution in [3.63, 3.8) is 0 Å². The van der Waals surface area contributed by atoms with Gasteiger partial charge in [-0.25, -0.2) is 0 Å². The summed E-state index contributed by atoms with van der Waals surface area (Å²) in [5, 5.41) is 4.09. The van der Waals surface area contributed by atoms with Crippen molar-refractivity contribution in [2.24, 2.45) is 5.73 Å². The molecule has 1 aromatic rings. The third-order valence-electron chi connectivity index (χ3n) is 1.91. The highest BCUT2D eigenvalue weighted by Gasteiger charge is 2.08. The number of thiophene rings is 1. The van der Waals surface area contributed by atoms with Gasteiger partial charge in [0.15, 0.2) is 0 Å². The van der Waals surface area contributed by atoms with E-state index >= 15 is 0 Å². The molecular formula is C10H16N2OS2.